The minimum absolute atomic E-state index is 0.890. The Bertz CT molecular complexity index is 511. The van der Waals surface area contributed by atoms with Crippen LogP contribution < -0.4 is 5.32 Å². The Balaban J connectivity index is 1.68. The Labute approximate surface area is 119 Å². The number of benzene rings is 1. The van der Waals surface area contributed by atoms with Crippen LogP contribution in [0.4, 0.5) is 0 Å². The van der Waals surface area contributed by atoms with E-state index in [0.29, 0.717) is 0 Å². The van der Waals surface area contributed by atoms with Gasteiger partial charge in [-0.25, -0.2) is 0 Å². The van der Waals surface area contributed by atoms with Crippen LogP contribution in [0.3, 0.4) is 0 Å². The summed E-state index contributed by atoms with van der Waals surface area (Å²) in [6.45, 7) is 6.22. The lowest BCUT2D eigenvalue weighted by Crippen LogP contribution is -2.16. The Morgan fingerprint density at radius 1 is 1.16 bits per heavy atom. The SMILES string of the molecule is Cc1ccc(SCCNCc2cccnc2)cc1C. The Morgan fingerprint density at radius 2 is 2.05 bits per heavy atom. The molecule has 0 aliphatic rings. The molecule has 0 amide bonds. The van der Waals surface area contributed by atoms with Gasteiger partial charge in [0.25, 0.3) is 0 Å². The maximum atomic E-state index is 4.10. The number of thioether (sulfide) groups is 1. The number of aryl methyl sites for hydroxylation is 2. The van der Waals surface area contributed by atoms with E-state index in [1.54, 1.807) is 6.20 Å². The summed E-state index contributed by atoms with van der Waals surface area (Å²) in [5, 5.41) is 3.44. The van der Waals surface area contributed by atoms with Crippen molar-refractivity contribution in [3.05, 3.63) is 59.4 Å². The fraction of sp³-hybridized carbons (Fsp3) is 0.312. The van der Waals surface area contributed by atoms with Crippen molar-refractivity contribution in [1.29, 1.82) is 0 Å². The summed E-state index contributed by atoms with van der Waals surface area (Å²) >= 11 is 1.90. The molecule has 100 valence electrons. The third-order valence-electron chi connectivity index (χ3n) is 3.08. The highest BCUT2D eigenvalue weighted by atomic mass is 32.2. The summed E-state index contributed by atoms with van der Waals surface area (Å²) in [6, 6.07) is 10.7. The predicted octanol–water partition coefficient (Wildman–Crippen LogP) is 3.58. The summed E-state index contributed by atoms with van der Waals surface area (Å²) in [4.78, 5) is 5.46. The van der Waals surface area contributed by atoms with E-state index in [1.165, 1.54) is 21.6 Å². The normalized spacial score (nSPS) is 10.6. The van der Waals surface area contributed by atoms with Crippen molar-refractivity contribution < 1.29 is 0 Å². The quantitative estimate of drug-likeness (QED) is 0.642. The zero-order chi connectivity index (χ0) is 13.5. The van der Waals surface area contributed by atoms with Crippen molar-refractivity contribution in [3.63, 3.8) is 0 Å². The molecule has 19 heavy (non-hydrogen) atoms. The summed E-state index contributed by atoms with van der Waals surface area (Å²) in [5.74, 6) is 1.09. The van der Waals surface area contributed by atoms with Crippen LogP contribution in [0, 0.1) is 13.8 Å². The standard InChI is InChI=1S/C16H20N2S/c1-13-5-6-16(10-14(13)2)19-9-8-18-12-15-4-3-7-17-11-15/h3-7,10-11,18H,8-9,12H2,1-2H3. The maximum Gasteiger partial charge on any atom is 0.0312 e. The van der Waals surface area contributed by atoms with Gasteiger partial charge in [0.05, 0.1) is 0 Å². The Kier molecular flexibility index (Phi) is 5.43. The van der Waals surface area contributed by atoms with Gasteiger partial charge in [0, 0.05) is 36.1 Å². The highest BCUT2D eigenvalue weighted by Crippen LogP contribution is 2.20. The van der Waals surface area contributed by atoms with Gasteiger partial charge in [-0.15, -0.1) is 11.8 Å². The molecule has 0 aliphatic heterocycles. The van der Waals surface area contributed by atoms with E-state index in [0.717, 1.165) is 18.8 Å². The average Bonchev–Trinajstić information content (AvgIpc) is 2.43. The van der Waals surface area contributed by atoms with Crippen molar-refractivity contribution in [1.82, 2.24) is 10.3 Å². The molecule has 0 aliphatic carbocycles. The lowest BCUT2D eigenvalue weighted by molar-refractivity contribution is 0.729. The number of hydrogen-bond donors (Lipinski definition) is 1. The van der Waals surface area contributed by atoms with Crippen molar-refractivity contribution in [3.8, 4) is 0 Å². The van der Waals surface area contributed by atoms with Gasteiger partial charge >= 0.3 is 0 Å². The second kappa shape index (κ2) is 7.31. The zero-order valence-corrected chi connectivity index (χ0v) is 12.3. The van der Waals surface area contributed by atoms with Crippen LogP contribution in [0.15, 0.2) is 47.6 Å². The average molecular weight is 272 g/mol. The van der Waals surface area contributed by atoms with E-state index in [2.05, 4.69) is 48.4 Å². The molecule has 0 radical (unpaired) electrons. The van der Waals surface area contributed by atoms with Gasteiger partial charge in [0.2, 0.25) is 0 Å². The van der Waals surface area contributed by atoms with Crippen molar-refractivity contribution in [2.45, 2.75) is 25.3 Å². The largest absolute Gasteiger partial charge is 0.312 e. The molecule has 0 saturated carbocycles. The molecule has 1 aromatic heterocycles. The molecular weight excluding hydrogens is 252 g/mol. The van der Waals surface area contributed by atoms with E-state index < -0.39 is 0 Å². The van der Waals surface area contributed by atoms with Gasteiger partial charge in [-0.1, -0.05) is 12.1 Å². The van der Waals surface area contributed by atoms with Gasteiger partial charge in [-0.2, -0.15) is 0 Å². The second-order valence-corrected chi connectivity index (χ2v) is 5.80. The molecule has 0 bridgehead atoms. The summed E-state index contributed by atoms with van der Waals surface area (Å²) < 4.78 is 0. The molecule has 1 N–H and O–H groups in total. The molecule has 1 aromatic carbocycles. The van der Waals surface area contributed by atoms with Crippen LogP contribution in [0.1, 0.15) is 16.7 Å². The molecule has 0 spiro atoms. The van der Waals surface area contributed by atoms with Gasteiger partial charge in [0.15, 0.2) is 0 Å². The summed E-state index contributed by atoms with van der Waals surface area (Å²) in [6.07, 6.45) is 3.71. The van der Waals surface area contributed by atoms with E-state index in [4.69, 9.17) is 0 Å². The van der Waals surface area contributed by atoms with E-state index in [-0.39, 0.29) is 0 Å². The van der Waals surface area contributed by atoms with Gasteiger partial charge < -0.3 is 5.32 Å². The molecule has 0 fully saturated rings. The molecule has 1 heterocycles. The molecule has 2 nitrogen and oxygen atoms in total. The highest BCUT2D eigenvalue weighted by Gasteiger charge is 1.97. The second-order valence-electron chi connectivity index (χ2n) is 4.63. The molecule has 2 rings (SSSR count). The van der Waals surface area contributed by atoms with Crippen LogP contribution in [-0.4, -0.2) is 17.3 Å². The maximum absolute atomic E-state index is 4.10. The van der Waals surface area contributed by atoms with Crippen molar-refractivity contribution >= 4 is 11.8 Å². The summed E-state index contributed by atoms with van der Waals surface area (Å²) in [5.41, 5.74) is 3.96. The van der Waals surface area contributed by atoms with Gasteiger partial charge in [0.1, 0.15) is 0 Å². The Hall–Kier alpha value is -1.32. The van der Waals surface area contributed by atoms with E-state index >= 15 is 0 Å². The van der Waals surface area contributed by atoms with E-state index in [1.807, 2.05) is 24.0 Å². The number of hydrogen-bond acceptors (Lipinski definition) is 3. The fourth-order valence-electron chi connectivity index (χ4n) is 1.78. The first-order chi connectivity index (χ1) is 9.25. The number of aromatic nitrogens is 1. The fourth-order valence-corrected chi connectivity index (χ4v) is 2.69. The molecule has 0 atom stereocenters. The topological polar surface area (TPSA) is 24.9 Å². The number of pyridine rings is 1. The van der Waals surface area contributed by atoms with E-state index in [9.17, 15) is 0 Å². The van der Waals surface area contributed by atoms with Gasteiger partial charge in [-0.05, 0) is 48.7 Å². The predicted molar refractivity (Wildman–Crippen MR) is 82.6 cm³/mol. The third-order valence-corrected chi connectivity index (χ3v) is 4.07. The lowest BCUT2D eigenvalue weighted by atomic mass is 10.1. The summed E-state index contributed by atoms with van der Waals surface area (Å²) in [7, 11) is 0. The minimum atomic E-state index is 0.890. The van der Waals surface area contributed by atoms with Crippen LogP contribution in [-0.2, 0) is 6.54 Å². The number of nitrogens with one attached hydrogen (secondary N) is 1. The number of nitrogens with zero attached hydrogens (tertiary/aromatic N) is 1. The van der Waals surface area contributed by atoms with Crippen LogP contribution in [0.2, 0.25) is 0 Å². The van der Waals surface area contributed by atoms with Gasteiger partial charge in [-0.3, -0.25) is 4.98 Å². The zero-order valence-electron chi connectivity index (χ0n) is 11.5. The molecule has 2 aromatic rings. The first-order valence-electron chi connectivity index (χ1n) is 6.55. The van der Waals surface area contributed by atoms with Crippen LogP contribution in [0.5, 0.6) is 0 Å². The molecular formula is C16H20N2S. The third kappa shape index (κ3) is 4.69. The van der Waals surface area contributed by atoms with Crippen molar-refractivity contribution in [2.24, 2.45) is 0 Å². The Morgan fingerprint density at radius 3 is 2.79 bits per heavy atom. The van der Waals surface area contributed by atoms with Crippen LogP contribution >= 0.6 is 11.8 Å². The first kappa shape index (κ1) is 14.1. The van der Waals surface area contributed by atoms with Crippen LogP contribution in [0.25, 0.3) is 0 Å². The monoisotopic (exact) mass is 272 g/mol. The van der Waals surface area contributed by atoms with Crippen molar-refractivity contribution in [2.75, 3.05) is 12.3 Å². The molecule has 0 saturated heterocycles. The molecule has 3 heteroatoms. The smallest absolute Gasteiger partial charge is 0.0312 e. The first-order valence-corrected chi connectivity index (χ1v) is 7.54. The number of rotatable bonds is 6. The minimum Gasteiger partial charge on any atom is -0.312 e. The molecule has 0 unspecified atom stereocenters. The highest BCUT2D eigenvalue weighted by molar-refractivity contribution is 7.99. The lowest BCUT2D eigenvalue weighted by Gasteiger charge is -2.06.